The molecule has 12 heteroatoms. The number of thiazole rings is 1. The number of aromatic nitrogens is 3. The first-order valence-electron chi connectivity index (χ1n) is 14.6. The van der Waals surface area contributed by atoms with Gasteiger partial charge < -0.3 is 24.1 Å². The average molecular weight is 642 g/mol. The third-order valence-corrected chi connectivity index (χ3v) is 9.32. The molecular weight excluding hydrogens is 614 g/mol. The summed E-state index contributed by atoms with van der Waals surface area (Å²) < 4.78 is 12.6. The van der Waals surface area contributed by atoms with Gasteiger partial charge in [0.1, 0.15) is 23.0 Å². The number of esters is 1. The summed E-state index contributed by atoms with van der Waals surface area (Å²) in [5.41, 5.74) is 5.53. The minimum absolute atomic E-state index is 0.0716. The van der Waals surface area contributed by atoms with Crippen molar-refractivity contribution < 1.29 is 23.9 Å². The summed E-state index contributed by atoms with van der Waals surface area (Å²) in [5.74, 6) is -0.927. The fraction of sp³-hybridized carbons (Fsp3) is 0.242. The first-order chi connectivity index (χ1) is 21.9. The van der Waals surface area contributed by atoms with Crippen molar-refractivity contribution in [1.29, 1.82) is 0 Å². The minimum atomic E-state index is -0.566. The molecule has 1 saturated heterocycles. The molecule has 7 rings (SSSR count). The highest BCUT2D eigenvalue weighted by atomic mass is 35.5. The number of halogens is 1. The Balaban J connectivity index is 1.09. The third-order valence-electron chi connectivity index (χ3n) is 8.15. The number of hydrogen-bond acceptors (Lipinski definition) is 8. The molecular formula is C33H28ClN5O5S. The summed E-state index contributed by atoms with van der Waals surface area (Å²) in [6.07, 6.45) is 3.11. The van der Waals surface area contributed by atoms with Crippen LogP contribution in [0.4, 0.5) is 4.79 Å². The predicted molar refractivity (Wildman–Crippen MR) is 169 cm³/mol. The van der Waals surface area contributed by atoms with E-state index in [1.807, 2.05) is 24.3 Å². The van der Waals surface area contributed by atoms with Crippen LogP contribution in [0.1, 0.15) is 62.4 Å². The molecule has 1 aliphatic heterocycles. The maximum absolute atomic E-state index is 13.9. The Labute approximate surface area is 267 Å². The Morgan fingerprint density at radius 3 is 2.42 bits per heavy atom. The Kier molecular flexibility index (Phi) is 7.72. The molecule has 0 radical (unpaired) electrons. The molecule has 3 aromatic heterocycles. The molecule has 0 unspecified atom stereocenters. The van der Waals surface area contributed by atoms with Crippen molar-refractivity contribution in [1.82, 2.24) is 24.6 Å². The lowest BCUT2D eigenvalue weighted by atomic mass is 9.98. The molecule has 228 valence electrons. The highest BCUT2D eigenvalue weighted by molar-refractivity contribution is 7.09. The van der Waals surface area contributed by atoms with Crippen molar-refractivity contribution >= 4 is 46.6 Å². The second kappa shape index (κ2) is 12.0. The maximum Gasteiger partial charge on any atom is 0.407 e. The number of imidazole rings is 1. The number of likely N-dealkylation sites (tertiary alicyclic amines) is 1. The summed E-state index contributed by atoms with van der Waals surface area (Å²) in [6.45, 7) is 2.34. The molecule has 2 aliphatic rings. The second-order valence-electron chi connectivity index (χ2n) is 10.9. The smallest absolute Gasteiger partial charge is 0.407 e. The van der Waals surface area contributed by atoms with Gasteiger partial charge in [0.25, 0.3) is 5.91 Å². The number of hydrogen-bond donors (Lipinski definition) is 1. The Bertz CT molecular complexity index is 1890. The number of fused-ring (bicyclic) bond motifs is 4. The van der Waals surface area contributed by atoms with Crippen LogP contribution in [0, 0.1) is 0 Å². The van der Waals surface area contributed by atoms with E-state index in [1.54, 1.807) is 46.1 Å². The summed E-state index contributed by atoms with van der Waals surface area (Å²) in [5, 5.41) is 5.66. The van der Waals surface area contributed by atoms with E-state index >= 15 is 0 Å². The second-order valence-corrected chi connectivity index (χ2v) is 12.2. The van der Waals surface area contributed by atoms with Gasteiger partial charge in [0.2, 0.25) is 0 Å². The molecule has 0 bridgehead atoms. The van der Waals surface area contributed by atoms with Crippen LogP contribution in [0.25, 0.3) is 16.8 Å². The Hall–Kier alpha value is -4.74. The van der Waals surface area contributed by atoms with Gasteiger partial charge in [0.05, 0.1) is 23.7 Å². The number of rotatable bonds is 7. The predicted octanol–water partition coefficient (Wildman–Crippen LogP) is 6.12. The lowest BCUT2D eigenvalue weighted by Gasteiger charge is -2.22. The van der Waals surface area contributed by atoms with Crippen molar-refractivity contribution in [3.8, 4) is 11.1 Å². The van der Waals surface area contributed by atoms with Crippen molar-refractivity contribution in [2.24, 2.45) is 0 Å². The average Bonchev–Trinajstić information content (AvgIpc) is 3.84. The Morgan fingerprint density at radius 2 is 1.69 bits per heavy atom. The molecule has 2 aromatic carbocycles. The maximum atomic E-state index is 13.9. The molecule has 1 fully saturated rings. The quantitative estimate of drug-likeness (QED) is 0.213. The van der Waals surface area contributed by atoms with Gasteiger partial charge in [-0.25, -0.2) is 19.6 Å². The molecule has 1 N–H and O–H groups in total. The first-order valence-corrected chi connectivity index (χ1v) is 15.8. The van der Waals surface area contributed by atoms with Crippen molar-refractivity contribution in [2.75, 3.05) is 19.8 Å². The van der Waals surface area contributed by atoms with Crippen molar-refractivity contribution in [3.05, 3.63) is 111 Å². The van der Waals surface area contributed by atoms with Gasteiger partial charge in [-0.3, -0.25) is 4.79 Å². The number of amides is 2. The molecule has 5 aromatic rings. The van der Waals surface area contributed by atoms with Crippen LogP contribution >= 0.6 is 22.9 Å². The van der Waals surface area contributed by atoms with Gasteiger partial charge in [0.15, 0.2) is 5.69 Å². The van der Waals surface area contributed by atoms with E-state index in [-0.39, 0.29) is 43.0 Å². The molecule has 1 aliphatic carbocycles. The number of ether oxygens (including phenoxy) is 2. The number of carbonyl (C=O) groups excluding carboxylic acids is 3. The number of nitrogens with zero attached hydrogens (tertiary/aromatic N) is 4. The number of carbonyl (C=O) groups is 3. The van der Waals surface area contributed by atoms with Gasteiger partial charge in [-0.15, -0.1) is 11.3 Å². The van der Waals surface area contributed by atoms with Gasteiger partial charge >= 0.3 is 12.1 Å². The largest absolute Gasteiger partial charge is 0.461 e. The topological polar surface area (TPSA) is 115 Å². The van der Waals surface area contributed by atoms with Crippen LogP contribution in [0.5, 0.6) is 0 Å². The van der Waals surface area contributed by atoms with E-state index in [2.05, 4.69) is 39.6 Å². The number of nitrogens with one attached hydrogen (secondary N) is 1. The van der Waals surface area contributed by atoms with Crippen LogP contribution in [-0.2, 0) is 9.47 Å². The van der Waals surface area contributed by atoms with E-state index in [4.69, 9.17) is 21.1 Å². The zero-order valence-electron chi connectivity index (χ0n) is 24.2. The lowest BCUT2D eigenvalue weighted by Crippen LogP contribution is -2.39. The number of pyridine rings is 1. The SMILES string of the molecule is CCOC(=O)c1csc([C@@H]2C[C@@H](NC(=O)OCC3c4ccccc4-c4ccccc43)CN2C(=O)c2cn3cc(Cl)ccc3n2)n1. The number of alkyl carbamates (subject to hydrolysis) is 1. The zero-order chi connectivity index (χ0) is 31.1. The normalized spacial score (nSPS) is 17.2. The van der Waals surface area contributed by atoms with Crippen LogP contribution in [0.2, 0.25) is 5.02 Å². The minimum Gasteiger partial charge on any atom is -0.461 e. The van der Waals surface area contributed by atoms with Crippen LogP contribution in [-0.4, -0.2) is 63.0 Å². The zero-order valence-corrected chi connectivity index (χ0v) is 25.8. The lowest BCUT2D eigenvalue weighted by molar-refractivity contribution is 0.0520. The van der Waals surface area contributed by atoms with Crippen LogP contribution in [0.3, 0.4) is 0 Å². The summed E-state index contributed by atoms with van der Waals surface area (Å²) in [7, 11) is 0. The first kappa shape index (κ1) is 29.0. The standard InChI is InChI=1S/C33H28ClN5O5S/c1-2-43-32(41)27-18-45-30(37-27)28-13-20(15-39(28)31(40)26-16-38-14-19(34)11-12-29(38)36-26)35-33(42)44-17-25-23-9-5-3-7-21(23)22-8-4-6-10-24(22)25/h3-12,14,16,18,20,25,28H,2,13,15,17H2,1H3,(H,35,42)/t20-,28+/m1/s1. The van der Waals surface area contributed by atoms with E-state index < -0.39 is 24.1 Å². The highest BCUT2D eigenvalue weighted by Crippen LogP contribution is 2.44. The molecule has 2 atom stereocenters. The summed E-state index contributed by atoms with van der Waals surface area (Å²) in [6, 6.07) is 18.8. The highest BCUT2D eigenvalue weighted by Gasteiger charge is 2.40. The Morgan fingerprint density at radius 1 is 0.956 bits per heavy atom. The molecule has 0 saturated carbocycles. The van der Waals surface area contributed by atoms with Gasteiger partial charge in [-0.2, -0.15) is 0 Å². The van der Waals surface area contributed by atoms with Crippen molar-refractivity contribution in [2.45, 2.75) is 31.3 Å². The summed E-state index contributed by atoms with van der Waals surface area (Å²) >= 11 is 7.40. The van der Waals surface area contributed by atoms with Gasteiger partial charge in [0, 0.05) is 30.2 Å². The van der Waals surface area contributed by atoms with Crippen molar-refractivity contribution in [3.63, 3.8) is 0 Å². The summed E-state index contributed by atoms with van der Waals surface area (Å²) in [4.78, 5) is 49.9. The van der Waals surface area contributed by atoms with Gasteiger partial charge in [-0.05, 0) is 47.7 Å². The number of benzene rings is 2. The molecule has 45 heavy (non-hydrogen) atoms. The van der Waals surface area contributed by atoms with E-state index in [1.165, 1.54) is 11.3 Å². The van der Waals surface area contributed by atoms with Crippen LogP contribution < -0.4 is 5.32 Å². The van der Waals surface area contributed by atoms with E-state index in [9.17, 15) is 14.4 Å². The monoisotopic (exact) mass is 641 g/mol. The fourth-order valence-electron chi connectivity index (χ4n) is 6.16. The molecule has 4 heterocycles. The van der Waals surface area contributed by atoms with E-state index in [0.717, 1.165) is 22.3 Å². The molecule has 2 amide bonds. The third kappa shape index (κ3) is 5.53. The van der Waals surface area contributed by atoms with E-state index in [0.29, 0.717) is 22.1 Å². The van der Waals surface area contributed by atoms with Crippen LogP contribution in [0.15, 0.2) is 78.4 Å². The molecule has 0 spiro atoms. The van der Waals surface area contributed by atoms with Gasteiger partial charge in [-0.1, -0.05) is 60.1 Å². The fourth-order valence-corrected chi connectivity index (χ4v) is 7.24. The molecule has 10 nitrogen and oxygen atoms in total.